The molecule has 0 aliphatic carbocycles. The lowest BCUT2D eigenvalue weighted by atomic mass is 9.98. The number of fused-ring (bicyclic) bond motifs is 1. The van der Waals surface area contributed by atoms with Crippen molar-refractivity contribution in [2.45, 2.75) is 39.0 Å². The Morgan fingerprint density at radius 2 is 1.94 bits per heavy atom. The van der Waals surface area contributed by atoms with Gasteiger partial charge in [-0.2, -0.15) is 5.10 Å². The monoisotopic (exact) mass is 437 g/mol. The average Bonchev–Trinajstić information content (AvgIpc) is 3.33. The van der Waals surface area contributed by atoms with Crippen molar-refractivity contribution in [1.29, 1.82) is 0 Å². The van der Waals surface area contributed by atoms with Gasteiger partial charge in [-0.25, -0.2) is 4.98 Å². The van der Waals surface area contributed by atoms with Crippen LogP contribution in [0.5, 0.6) is 11.5 Å². The molecule has 2 aromatic carbocycles. The Bertz CT molecular complexity index is 1210. The Balaban J connectivity index is 1.86. The van der Waals surface area contributed by atoms with E-state index in [0.717, 1.165) is 38.5 Å². The normalized spacial score (nSPS) is 11.3. The van der Waals surface area contributed by atoms with E-state index >= 15 is 0 Å². The number of aromatic nitrogens is 3. The van der Waals surface area contributed by atoms with E-state index in [9.17, 15) is 15.0 Å². The Labute approximate surface area is 183 Å². The number of nitrogens with zero attached hydrogens (tertiary/aromatic N) is 2. The summed E-state index contributed by atoms with van der Waals surface area (Å²) in [5.41, 5.74) is 4.19. The molecule has 0 aliphatic rings. The summed E-state index contributed by atoms with van der Waals surface area (Å²) in [6.07, 6.45) is 2.52. The molecule has 31 heavy (non-hydrogen) atoms. The molecule has 0 aliphatic heterocycles. The van der Waals surface area contributed by atoms with E-state index in [0.29, 0.717) is 30.5 Å². The van der Waals surface area contributed by atoms with Crippen molar-refractivity contribution in [2.24, 2.45) is 0 Å². The zero-order valence-corrected chi connectivity index (χ0v) is 17.9. The van der Waals surface area contributed by atoms with E-state index < -0.39 is 5.97 Å². The summed E-state index contributed by atoms with van der Waals surface area (Å²) in [5.74, 6) is -0.855. The molecule has 0 radical (unpaired) electrons. The molecule has 4 N–H and O–H groups in total. The van der Waals surface area contributed by atoms with Crippen LogP contribution in [0.25, 0.3) is 32.0 Å². The minimum atomic E-state index is -0.846. The predicted molar refractivity (Wildman–Crippen MR) is 121 cm³/mol. The first kappa shape index (κ1) is 20.9. The fourth-order valence-electron chi connectivity index (χ4n) is 3.66. The lowest BCUT2D eigenvalue weighted by Crippen LogP contribution is -1.97. The quantitative estimate of drug-likeness (QED) is 0.304. The van der Waals surface area contributed by atoms with Crippen LogP contribution in [0.3, 0.4) is 0 Å². The molecule has 0 unspecified atom stereocenters. The Kier molecular flexibility index (Phi) is 5.90. The highest BCUT2D eigenvalue weighted by molar-refractivity contribution is 7.21. The second kappa shape index (κ2) is 8.77. The second-order valence-corrected chi connectivity index (χ2v) is 8.44. The van der Waals surface area contributed by atoms with Gasteiger partial charge in [-0.05, 0) is 43.0 Å². The number of hydrogen-bond acceptors (Lipinski definition) is 6. The molecule has 160 valence electrons. The molecular weight excluding hydrogens is 414 g/mol. The van der Waals surface area contributed by atoms with Crippen molar-refractivity contribution in [3.8, 4) is 33.3 Å². The molecule has 2 aromatic heterocycles. The van der Waals surface area contributed by atoms with Crippen LogP contribution in [0.2, 0.25) is 0 Å². The topological polar surface area (TPSA) is 119 Å². The first-order valence-electron chi connectivity index (χ1n) is 10.2. The van der Waals surface area contributed by atoms with Crippen molar-refractivity contribution in [2.75, 3.05) is 0 Å². The van der Waals surface area contributed by atoms with Gasteiger partial charge in [-0.15, -0.1) is 11.3 Å². The lowest BCUT2D eigenvalue weighted by molar-refractivity contribution is -0.137. The summed E-state index contributed by atoms with van der Waals surface area (Å²) in [6.45, 7) is 2.02. The minimum absolute atomic E-state index is 0.0543. The number of thiazole rings is 1. The molecule has 0 fully saturated rings. The van der Waals surface area contributed by atoms with Crippen LogP contribution in [0.4, 0.5) is 0 Å². The standard InChI is InChI=1S/C23H23N3O4S/c1-2-6-13-11-14(18(28)12-17(13)27)22-21(16(25-26-22)8-5-10-20(29)30)23-24-15-7-3-4-9-19(15)31-23/h3-4,7,9,11-12,27-28H,2,5-6,8,10H2,1H3,(H,25,26)(H,29,30). The first-order valence-corrected chi connectivity index (χ1v) is 11.0. The molecule has 0 saturated carbocycles. The number of H-pyrrole nitrogens is 1. The van der Waals surface area contributed by atoms with Gasteiger partial charge in [0, 0.05) is 23.7 Å². The largest absolute Gasteiger partial charge is 0.508 e. The molecule has 4 rings (SSSR count). The maximum absolute atomic E-state index is 11.0. The molecule has 7 nitrogen and oxygen atoms in total. The highest BCUT2D eigenvalue weighted by Gasteiger charge is 2.23. The van der Waals surface area contributed by atoms with Gasteiger partial charge < -0.3 is 15.3 Å². The van der Waals surface area contributed by atoms with Crippen LogP contribution < -0.4 is 0 Å². The Morgan fingerprint density at radius 3 is 2.68 bits per heavy atom. The third kappa shape index (κ3) is 4.25. The summed E-state index contributed by atoms with van der Waals surface area (Å²) in [5, 5.41) is 38.1. The van der Waals surface area contributed by atoms with Crippen LogP contribution in [-0.4, -0.2) is 36.5 Å². The molecule has 0 amide bonds. The summed E-state index contributed by atoms with van der Waals surface area (Å²) in [6, 6.07) is 10.9. The number of carboxylic acids is 1. The number of aromatic amines is 1. The average molecular weight is 438 g/mol. The number of carboxylic acid groups (broad SMARTS) is 1. The molecule has 8 heteroatoms. The number of carbonyl (C=O) groups is 1. The molecule has 2 heterocycles. The predicted octanol–water partition coefficient (Wildman–Crippen LogP) is 5.12. The highest BCUT2D eigenvalue weighted by atomic mass is 32.1. The van der Waals surface area contributed by atoms with E-state index in [1.54, 1.807) is 6.07 Å². The van der Waals surface area contributed by atoms with Crippen molar-refractivity contribution >= 4 is 27.5 Å². The number of nitrogens with one attached hydrogen (secondary N) is 1. The minimum Gasteiger partial charge on any atom is -0.508 e. The van der Waals surface area contributed by atoms with Crippen molar-refractivity contribution in [3.05, 3.63) is 47.7 Å². The first-order chi connectivity index (χ1) is 15.0. The maximum Gasteiger partial charge on any atom is 0.303 e. The van der Waals surface area contributed by atoms with Gasteiger partial charge >= 0.3 is 5.97 Å². The number of aryl methyl sites for hydroxylation is 2. The van der Waals surface area contributed by atoms with Crippen LogP contribution in [0, 0.1) is 0 Å². The molecule has 0 spiro atoms. The molecule has 0 saturated heterocycles. The summed E-state index contributed by atoms with van der Waals surface area (Å²) >= 11 is 1.52. The third-order valence-electron chi connectivity index (χ3n) is 5.14. The van der Waals surface area contributed by atoms with E-state index in [1.165, 1.54) is 17.4 Å². The number of aliphatic carboxylic acids is 1. The van der Waals surface area contributed by atoms with E-state index in [1.807, 2.05) is 31.2 Å². The molecular formula is C23H23N3O4S. The molecule has 0 bridgehead atoms. The van der Waals surface area contributed by atoms with Crippen molar-refractivity contribution < 1.29 is 20.1 Å². The highest BCUT2D eigenvalue weighted by Crippen LogP contribution is 2.42. The Hall–Kier alpha value is -3.39. The smallest absolute Gasteiger partial charge is 0.303 e. The Morgan fingerprint density at radius 1 is 1.13 bits per heavy atom. The van der Waals surface area contributed by atoms with Crippen LogP contribution in [0.15, 0.2) is 36.4 Å². The van der Waals surface area contributed by atoms with E-state index in [-0.39, 0.29) is 17.9 Å². The number of aromatic hydroxyl groups is 2. The van der Waals surface area contributed by atoms with E-state index in [2.05, 4.69) is 10.2 Å². The zero-order valence-electron chi connectivity index (χ0n) is 17.1. The number of phenols is 2. The second-order valence-electron chi connectivity index (χ2n) is 7.41. The van der Waals surface area contributed by atoms with Crippen molar-refractivity contribution in [3.63, 3.8) is 0 Å². The van der Waals surface area contributed by atoms with Crippen LogP contribution in [-0.2, 0) is 17.6 Å². The molecule has 4 aromatic rings. The fraction of sp³-hybridized carbons (Fsp3) is 0.261. The van der Waals surface area contributed by atoms with Crippen LogP contribution >= 0.6 is 11.3 Å². The van der Waals surface area contributed by atoms with Crippen molar-refractivity contribution in [1.82, 2.24) is 15.2 Å². The number of para-hydroxylation sites is 1. The third-order valence-corrected chi connectivity index (χ3v) is 6.19. The lowest BCUT2D eigenvalue weighted by Gasteiger charge is -2.10. The number of rotatable bonds is 8. The van der Waals surface area contributed by atoms with Gasteiger partial charge in [-0.3, -0.25) is 9.89 Å². The van der Waals surface area contributed by atoms with Gasteiger partial charge in [0.25, 0.3) is 0 Å². The summed E-state index contributed by atoms with van der Waals surface area (Å²) < 4.78 is 1.03. The maximum atomic E-state index is 11.0. The van der Waals surface area contributed by atoms with Gasteiger partial charge in [0.05, 0.1) is 15.8 Å². The fourth-order valence-corrected chi connectivity index (χ4v) is 4.70. The summed E-state index contributed by atoms with van der Waals surface area (Å²) in [7, 11) is 0. The van der Waals surface area contributed by atoms with Gasteiger partial charge in [0.15, 0.2) is 0 Å². The van der Waals surface area contributed by atoms with Gasteiger partial charge in [0.1, 0.15) is 22.2 Å². The zero-order chi connectivity index (χ0) is 22.0. The van der Waals surface area contributed by atoms with Crippen LogP contribution in [0.1, 0.15) is 37.4 Å². The van der Waals surface area contributed by atoms with Gasteiger partial charge in [-0.1, -0.05) is 25.5 Å². The molecule has 0 atom stereocenters. The SMILES string of the molecule is CCCc1cc(-c2n[nH]c(CCCC(=O)O)c2-c2nc3ccccc3s2)c(O)cc1O. The summed E-state index contributed by atoms with van der Waals surface area (Å²) in [4.78, 5) is 15.7. The number of hydrogen-bond donors (Lipinski definition) is 4. The van der Waals surface area contributed by atoms with Gasteiger partial charge in [0.2, 0.25) is 0 Å². The number of phenolic OH excluding ortho intramolecular Hbond substituents is 2. The van der Waals surface area contributed by atoms with E-state index in [4.69, 9.17) is 10.1 Å². The number of benzene rings is 2.